The van der Waals surface area contributed by atoms with Crippen molar-refractivity contribution < 1.29 is 21.9 Å². The molecular formula is C19H18Br2F2N2O3S2. The lowest BCUT2D eigenvalue weighted by molar-refractivity contribution is -0.0775. The van der Waals surface area contributed by atoms with Crippen LogP contribution in [0.4, 0.5) is 8.78 Å². The smallest absolute Gasteiger partial charge is 0.245 e. The Balaban J connectivity index is 1.49. The maximum atomic E-state index is 14.3. The monoisotopic (exact) mass is 582 g/mol. The van der Waals surface area contributed by atoms with Crippen molar-refractivity contribution in [2.45, 2.75) is 28.4 Å². The molecule has 2 heterocycles. The number of halogens is 4. The van der Waals surface area contributed by atoms with E-state index in [-0.39, 0.29) is 23.8 Å². The Labute approximate surface area is 195 Å². The van der Waals surface area contributed by atoms with E-state index in [1.165, 1.54) is 34.5 Å². The minimum atomic E-state index is -3.95. The summed E-state index contributed by atoms with van der Waals surface area (Å²) in [7, 11) is -3.95. The third-order valence-electron chi connectivity index (χ3n) is 5.24. The van der Waals surface area contributed by atoms with Crippen LogP contribution in [0.3, 0.4) is 0 Å². The van der Waals surface area contributed by atoms with Crippen LogP contribution in [0.1, 0.15) is 12.8 Å². The lowest BCUT2D eigenvalue weighted by Gasteiger charge is -2.42. The van der Waals surface area contributed by atoms with E-state index in [0.717, 1.165) is 6.07 Å². The Hall–Kier alpha value is -0.560. The highest BCUT2D eigenvalue weighted by Gasteiger charge is 2.47. The molecule has 30 heavy (non-hydrogen) atoms. The maximum absolute atomic E-state index is 14.3. The molecule has 0 aliphatic carbocycles. The fourth-order valence-electron chi connectivity index (χ4n) is 3.68. The molecule has 1 spiro atoms. The van der Waals surface area contributed by atoms with E-state index in [2.05, 4.69) is 31.9 Å². The molecule has 0 unspecified atom stereocenters. The molecule has 11 heteroatoms. The van der Waals surface area contributed by atoms with Gasteiger partial charge in [0.15, 0.2) is 0 Å². The molecule has 2 aliphatic rings. The number of hydrogen-bond donors (Lipinski definition) is 0. The Morgan fingerprint density at radius 3 is 2.23 bits per heavy atom. The van der Waals surface area contributed by atoms with Gasteiger partial charge in [0, 0.05) is 41.4 Å². The van der Waals surface area contributed by atoms with E-state index < -0.39 is 21.6 Å². The summed E-state index contributed by atoms with van der Waals surface area (Å²) in [5.74, 6) is -1.12. The molecule has 4 rings (SSSR count). The highest BCUT2D eigenvalue weighted by molar-refractivity contribution is 9.10. The van der Waals surface area contributed by atoms with Gasteiger partial charge in [-0.2, -0.15) is 4.31 Å². The zero-order valence-electron chi connectivity index (χ0n) is 15.7. The number of ether oxygens (including phenoxy) is 1. The van der Waals surface area contributed by atoms with Crippen molar-refractivity contribution in [3.8, 4) is 0 Å². The third-order valence-corrected chi connectivity index (χ3v) is 9.42. The van der Waals surface area contributed by atoms with Crippen LogP contribution in [-0.4, -0.2) is 49.0 Å². The van der Waals surface area contributed by atoms with E-state index in [1.807, 2.05) is 4.31 Å². The van der Waals surface area contributed by atoms with Crippen LogP contribution in [0.2, 0.25) is 0 Å². The van der Waals surface area contributed by atoms with Crippen LogP contribution in [0.15, 0.2) is 55.1 Å². The van der Waals surface area contributed by atoms with Gasteiger partial charge in [0.05, 0.1) is 11.5 Å². The maximum Gasteiger partial charge on any atom is 0.245 e. The SMILES string of the molecule is O=S(=O)(c1ccc(Br)cc1F)N1CCC2(CC1)OCCN2Sc1ccc(Br)cc1F. The molecule has 2 saturated heterocycles. The lowest BCUT2D eigenvalue weighted by atomic mass is 10.0. The van der Waals surface area contributed by atoms with E-state index in [9.17, 15) is 17.2 Å². The average molecular weight is 584 g/mol. The van der Waals surface area contributed by atoms with Gasteiger partial charge in [0.1, 0.15) is 22.3 Å². The summed E-state index contributed by atoms with van der Waals surface area (Å²) in [4.78, 5) is 0.146. The second-order valence-electron chi connectivity index (χ2n) is 7.04. The minimum absolute atomic E-state index is 0.192. The van der Waals surface area contributed by atoms with Gasteiger partial charge in [-0.25, -0.2) is 21.5 Å². The van der Waals surface area contributed by atoms with Gasteiger partial charge >= 0.3 is 0 Å². The van der Waals surface area contributed by atoms with Crippen molar-refractivity contribution in [2.75, 3.05) is 26.2 Å². The van der Waals surface area contributed by atoms with Crippen LogP contribution in [0.5, 0.6) is 0 Å². The zero-order chi connectivity index (χ0) is 21.5. The van der Waals surface area contributed by atoms with Crippen molar-refractivity contribution in [1.29, 1.82) is 0 Å². The molecule has 2 fully saturated rings. The predicted octanol–water partition coefficient (Wildman–Crippen LogP) is 5.01. The Bertz CT molecular complexity index is 1060. The van der Waals surface area contributed by atoms with Gasteiger partial charge in [-0.3, -0.25) is 0 Å². The van der Waals surface area contributed by atoms with Crippen LogP contribution < -0.4 is 0 Å². The summed E-state index contributed by atoms with van der Waals surface area (Å²) in [6.45, 7) is 1.48. The first-order valence-electron chi connectivity index (χ1n) is 9.21. The van der Waals surface area contributed by atoms with Crippen LogP contribution in [-0.2, 0) is 14.8 Å². The molecule has 162 valence electrons. The first-order valence-corrected chi connectivity index (χ1v) is 13.0. The molecule has 0 amide bonds. The highest BCUT2D eigenvalue weighted by atomic mass is 79.9. The number of rotatable bonds is 4. The fourth-order valence-corrected chi connectivity index (χ4v) is 6.92. The number of nitrogens with zero attached hydrogens (tertiary/aromatic N) is 2. The predicted molar refractivity (Wildman–Crippen MR) is 117 cm³/mol. The quantitative estimate of drug-likeness (QED) is 0.474. The summed E-state index contributed by atoms with van der Waals surface area (Å²) >= 11 is 7.67. The standard InChI is InChI=1S/C19H18Br2F2N2O3S2/c20-13-1-3-17(15(22)11-13)29-25-9-10-28-19(25)5-7-24(8-6-19)30(26,27)18-4-2-14(21)12-16(18)23/h1-4,11-12H,5-10H2. The van der Waals surface area contributed by atoms with Gasteiger partial charge in [-0.05, 0) is 48.3 Å². The zero-order valence-corrected chi connectivity index (χ0v) is 20.5. The molecule has 2 aliphatic heterocycles. The Morgan fingerprint density at radius 1 is 0.967 bits per heavy atom. The van der Waals surface area contributed by atoms with Gasteiger partial charge in [0.25, 0.3) is 0 Å². The summed E-state index contributed by atoms with van der Waals surface area (Å²) < 4.78 is 64.8. The van der Waals surface area contributed by atoms with Crippen molar-refractivity contribution in [1.82, 2.24) is 8.61 Å². The highest BCUT2D eigenvalue weighted by Crippen LogP contribution is 2.43. The van der Waals surface area contributed by atoms with Gasteiger partial charge in [-0.1, -0.05) is 31.9 Å². The minimum Gasteiger partial charge on any atom is -0.358 e. The van der Waals surface area contributed by atoms with Crippen molar-refractivity contribution in [3.63, 3.8) is 0 Å². The lowest BCUT2D eigenvalue weighted by Crippen LogP contribution is -2.52. The second-order valence-corrected chi connectivity index (χ2v) is 11.8. The summed E-state index contributed by atoms with van der Waals surface area (Å²) in [5.41, 5.74) is -0.672. The number of sulfonamides is 1. The van der Waals surface area contributed by atoms with E-state index in [1.54, 1.807) is 12.1 Å². The first kappa shape index (κ1) is 22.6. The topological polar surface area (TPSA) is 49.9 Å². The third kappa shape index (κ3) is 4.35. The average Bonchev–Trinajstić information content (AvgIpc) is 3.05. The molecule has 0 saturated carbocycles. The molecule has 0 atom stereocenters. The van der Waals surface area contributed by atoms with E-state index in [0.29, 0.717) is 39.8 Å². The van der Waals surface area contributed by atoms with Gasteiger partial charge < -0.3 is 4.74 Å². The number of piperidine rings is 1. The number of hydrogen-bond acceptors (Lipinski definition) is 5. The van der Waals surface area contributed by atoms with Crippen LogP contribution in [0, 0.1) is 11.6 Å². The van der Waals surface area contributed by atoms with Gasteiger partial charge in [0.2, 0.25) is 10.0 Å². The molecule has 0 radical (unpaired) electrons. The molecule has 5 nitrogen and oxygen atoms in total. The normalized spacial score (nSPS) is 20.1. The van der Waals surface area contributed by atoms with Crippen LogP contribution in [0.25, 0.3) is 0 Å². The molecule has 0 N–H and O–H groups in total. The Morgan fingerprint density at radius 2 is 1.60 bits per heavy atom. The first-order chi connectivity index (χ1) is 14.2. The summed E-state index contributed by atoms with van der Waals surface area (Å²) in [6, 6.07) is 8.80. The molecule has 2 aromatic carbocycles. The molecule has 0 aromatic heterocycles. The summed E-state index contributed by atoms with van der Waals surface area (Å²) in [6.07, 6.45) is 0.824. The van der Waals surface area contributed by atoms with E-state index >= 15 is 0 Å². The largest absolute Gasteiger partial charge is 0.358 e. The molecular weight excluding hydrogens is 566 g/mol. The molecule has 2 aromatic rings. The van der Waals surface area contributed by atoms with Crippen molar-refractivity contribution in [3.05, 3.63) is 57.0 Å². The van der Waals surface area contributed by atoms with Gasteiger partial charge in [-0.15, -0.1) is 0 Å². The Kier molecular flexibility index (Phi) is 6.61. The van der Waals surface area contributed by atoms with E-state index in [4.69, 9.17) is 4.74 Å². The fraction of sp³-hybridized carbons (Fsp3) is 0.368. The van der Waals surface area contributed by atoms with Crippen molar-refractivity contribution in [2.24, 2.45) is 0 Å². The number of benzene rings is 2. The van der Waals surface area contributed by atoms with Crippen LogP contribution >= 0.6 is 43.8 Å². The van der Waals surface area contributed by atoms with Crippen molar-refractivity contribution >= 4 is 53.8 Å². The second kappa shape index (κ2) is 8.76. The molecule has 0 bridgehead atoms. The summed E-state index contributed by atoms with van der Waals surface area (Å²) in [5, 5.41) is 0.